The summed E-state index contributed by atoms with van der Waals surface area (Å²) in [6, 6.07) is 3.59. The summed E-state index contributed by atoms with van der Waals surface area (Å²) in [6.45, 7) is 1.14. The first-order chi connectivity index (χ1) is 12.1. The highest BCUT2D eigenvalue weighted by Gasteiger charge is 2.34. The maximum absolute atomic E-state index is 12.3. The molecule has 1 aliphatic heterocycles. The standard InChI is InChI=1S/C19H23N3O3/c20-18(23)11-7-13-12-3-1-2-4-15(12)22-17(13)14(8-11)16(19(21)24)10-5-6-25-9-10/h7-8,10,16,22H,1-6,9H2,(H2,20,23)(H2,21,24)/t10-,16?/m1/s1. The van der Waals surface area contributed by atoms with Crippen LogP contribution in [0.2, 0.25) is 0 Å². The number of carbonyl (C=O) groups excluding carboxylic acids is 2. The van der Waals surface area contributed by atoms with Crippen LogP contribution in [0.25, 0.3) is 10.9 Å². The van der Waals surface area contributed by atoms with Gasteiger partial charge in [0.15, 0.2) is 0 Å². The zero-order valence-electron chi connectivity index (χ0n) is 14.1. The maximum Gasteiger partial charge on any atom is 0.248 e. The summed E-state index contributed by atoms with van der Waals surface area (Å²) in [5, 5.41) is 1.01. The Balaban J connectivity index is 1.95. The Morgan fingerprint density at radius 3 is 2.68 bits per heavy atom. The quantitative estimate of drug-likeness (QED) is 0.787. The molecule has 1 aromatic heterocycles. The van der Waals surface area contributed by atoms with Gasteiger partial charge < -0.3 is 21.2 Å². The summed E-state index contributed by atoms with van der Waals surface area (Å²) in [5.41, 5.74) is 15.9. The molecular weight excluding hydrogens is 318 g/mol. The average molecular weight is 341 g/mol. The summed E-state index contributed by atoms with van der Waals surface area (Å²) >= 11 is 0. The lowest BCUT2D eigenvalue weighted by Gasteiger charge is -2.21. The van der Waals surface area contributed by atoms with E-state index in [4.69, 9.17) is 16.2 Å². The Morgan fingerprint density at radius 2 is 2.00 bits per heavy atom. The molecule has 0 bridgehead atoms. The number of primary amides is 2. The zero-order chi connectivity index (χ0) is 17.6. The second kappa shape index (κ2) is 6.19. The van der Waals surface area contributed by atoms with Crippen LogP contribution in [0.4, 0.5) is 0 Å². The van der Waals surface area contributed by atoms with Gasteiger partial charge in [0, 0.05) is 34.7 Å². The first-order valence-electron chi connectivity index (χ1n) is 8.90. The molecule has 5 N–H and O–H groups in total. The van der Waals surface area contributed by atoms with Gasteiger partial charge in [-0.05, 0) is 55.4 Å². The lowest BCUT2D eigenvalue weighted by molar-refractivity contribution is -0.120. The van der Waals surface area contributed by atoms with E-state index in [0.717, 1.165) is 48.6 Å². The van der Waals surface area contributed by atoms with E-state index in [1.807, 2.05) is 6.07 Å². The third kappa shape index (κ3) is 2.70. The van der Waals surface area contributed by atoms with Crippen LogP contribution < -0.4 is 11.5 Å². The highest BCUT2D eigenvalue weighted by molar-refractivity contribution is 6.01. The van der Waals surface area contributed by atoms with Crippen LogP contribution >= 0.6 is 0 Å². The molecule has 0 saturated carbocycles. The molecule has 2 aliphatic rings. The van der Waals surface area contributed by atoms with Crippen molar-refractivity contribution >= 4 is 22.7 Å². The number of fused-ring (bicyclic) bond motifs is 3. The number of hydrogen-bond donors (Lipinski definition) is 3. The molecule has 2 atom stereocenters. The van der Waals surface area contributed by atoms with Crippen molar-refractivity contribution in [3.63, 3.8) is 0 Å². The Morgan fingerprint density at radius 1 is 1.20 bits per heavy atom. The Hall–Kier alpha value is -2.34. The molecule has 0 radical (unpaired) electrons. The van der Waals surface area contributed by atoms with Crippen LogP contribution in [0.1, 0.15) is 52.4 Å². The first kappa shape index (κ1) is 16.1. The Bertz CT molecular complexity index is 849. The number of hydrogen-bond acceptors (Lipinski definition) is 3. The molecule has 1 saturated heterocycles. The van der Waals surface area contributed by atoms with Crippen molar-refractivity contribution in [1.29, 1.82) is 0 Å². The van der Waals surface area contributed by atoms with Crippen LogP contribution in [0.15, 0.2) is 12.1 Å². The van der Waals surface area contributed by atoms with E-state index in [1.54, 1.807) is 6.07 Å². The Kier molecular flexibility index (Phi) is 4.00. The maximum atomic E-state index is 12.3. The lowest BCUT2D eigenvalue weighted by Crippen LogP contribution is -2.29. The van der Waals surface area contributed by atoms with Gasteiger partial charge in [0.05, 0.1) is 12.5 Å². The fraction of sp³-hybridized carbons (Fsp3) is 0.474. The van der Waals surface area contributed by atoms with Gasteiger partial charge in [-0.2, -0.15) is 0 Å². The van der Waals surface area contributed by atoms with Crippen molar-refractivity contribution in [1.82, 2.24) is 4.98 Å². The van der Waals surface area contributed by atoms with Crippen LogP contribution in [0.5, 0.6) is 0 Å². The smallest absolute Gasteiger partial charge is 0.248 e. The summed E-state index contributed by atoms with van der Waals surface area (Å²) in [5.74, 6) is -1.32. The Labute approximate surface area is 145 Å². The van der Waals surface area contributed by atoms with E-state index in [0.29, 0.717) is 18.8 Å². The number of aromatic nitrogens is 1. The minimum absolute atomic E-state index is 0.0316. The van der Waals surface area contributed by atoms with Crippen LogP contribution in [0, 0.1) is 5.92 Å². The SMILES string of the molecule is NC(=O)c1cc(C(C(N)=O)[C@@H]2CCOC2)c2[nH]c3c(c2c1)CCCC3. The average Bonchev–Trinajstić information content (AvgIpc) is 3.22. The van der Waals surface area contributed by atoms with Gasteiger partial charge in [0.2, 0.25) is 11.8 Å². The fourth-order valence-electron chi connectivity index (χ4n) is 4.38. The highest BCUT2D eigenvalue weighted by atomic mass is 16.5. The molecule has 6 nitrogen and oxygen atoms in total. The van der Waals surface area contributed by atoms with Crippen LogP contribution in [-0.4, -0.2) is 30.0 Å². The number of nitrogens with two attached hydrogens (primary N) is 2. The van der Waals surface area contributed by atoms with Crippen LogP contribution in [0.3, 0.4) is 0 Å². The largest absolute Gasteiger partial charge is 0.381 e. The minimum atomic E-state index is -0.486. The summed E-state index contributed by atoms with van der Waals surface area (Å²) in [6.07, 6.45) is 5.03. The lowest BCUT2D eigenvalue weighted by atomic mass is 9.82. The topological polar surface area (TPSA) is 111 Å². The number of rotatable bonds is 4. The number of ether oxygens (including phenoxy) is 1. The van der Waals surface area contributed by atoms with E-state index in [1.165, 1.54) is 11.3 Å². The van der Waals surface area contributed by atoms with Gasteiger partial charge in [-0.15, -0.1) is 0 Å². The summed E-state index contributed by atoms with van der Waals surface area (Å²) < 4.78 is 5.47. The number of aryl methyl sites for hydroxylation is 2. The monoisotopic (exact) mass is 341 g/mol. The van der Waals surface area contributed by atoms with Gasteiger partial charge in [-0.25, -0.2) is 0 Å². The molecule has 4 rings (SSSR count). The number of benzene rings is 1. The van der Waals surface area contributed by atoms with E-state index in [-0.39, 0.29) is 11.8 Å². The summed E-state index contributed by atoms with van der Waals surface area (Å²) in [4.78, 5) is 27.7. The number of carbonyl (C=O) groups is 2. The molecular formula is C19H23N3O3. The van der Waals surface area contributed by atoms with Gasteiger partial charge in [-0.3, -0.25) is 9.59 Å². The predicted molar refractivity (Wildman–Crippen MR) is 94.3 cm³/mol. The van der Waals surface area contributed by atoms with Crippen molar-refractivity contribution in [3.8, 4) is 0 Å². The minimum Gasteiger partial charge on any atom is -0.381 e. The molecule has 25 heavy (non-hydrogen) atoms. The van der Waals surface area contributed by atoms with Crippen molar-refractivity contribution in [3.05, 3.63) is 34.5 Å². The van der Waals surface area contributed by atoms with Gasteiger partial charge in [-0.1, -0.05) is 0 Å². The van der Waals surface area contributed by atoms with Crippen molar-refractivity contribution in [2.75, 3.05) is 13.2 Å². The molecule has 1 fully saturated rings. The zero-order valence-corrected chi connectivity index (χ0v) is 14.1. The molecule has 2 amide bonds. The summed E-state index contributed by atoms with van der Waals surface area (Å²) in [7, 11) is 0. The molecule has 132 valence electrons. The predicted octanol–water partition coefficient (Wildman–Crippen LogP) is 1.75. The van der Waals surface area contributed by atoms with Crippen LogP contribution in [-0.2, 0) is 22.4 Å². The molecule has 2 aromatic rings. The van der Waals surface area contributed by atoms with Gasteiger partial charge in [0.25, 0.3) is 0 Å². The van der Waals surface area contributed by atoms with E-state index in [9.17, 15) is 9.59 Å². The molecule has 1 aliphatic carbocycles. The molecule has 2 heterocycles. The number of amides is 2. The van der Waals surface area contributed by atoms with Gasteiger partial charge >= 0.3 is 0 Å². The van der Waals surface area contributed by atoms with E-state index in [2.05, 4.69) is 4.98 Å². The second-order valence-corrected chi connectivity index (χ2v) is 7.15. The van der Waals surface area contributed by atoms with E-state index < -0.39 is 11.8 Å². The second-order valence-electron chi connectivity index (χ2n) is 7.15. The molecule has 1 unspecified atom stereocenters. The number of nitrogens with one attached hydrogen (secondary N) is 1. The number of aromatic amines is 1. The third-order valence-electron chi connectivity index (χ3n) is 5.60. The molecule has 1 aromatic carbocycles. The molecule has 6 heteroatoms. The number of H-pyrrole nitrogens is 1. The third-order valence-corrected chi connectivity index (χ3v) is 5.60. The fourth-order valence-corrected chi connectivity index (χ4v) is 4.38. The normalized spacial score (nSPS) is 21.2. The highest BCUT2D eigenvalue weighted by Crippen LogP contribution is 2.38. The van der Waals surface area contributed by atoms with E-state index >= 15 is 0 Å². The van der Waals surface area contributed by atoms with Crippen molar-refractivity contribution < 1.29 is 14.3 Å². The van der Waals surface area contributed by atoms with Crippen molar-refractivity contribution in [2.24, 2.45) is 17.4 Å². The van der Waals surface area contributed by atoms with Gasteiger partial charge in [0.1, 0.15) is 0 Å². The molecule has 0 spiro atoms. The van der Waals surface area contributed by atoms with Crippen molar-refractivity contribution in [2.45, 2.75) is 38.0 Å². The first-order valence-corrected chi connectivity index (χ1v) is 8.90.